The fourth-order valence-electron chi connectivity index (χ4n) is 17.0. The van der Waals surface area contributed by atoms with Crippen LogP contribution in [-0.2, 0) is 70.6 Å². The Morgan fingerprint density at radius 2 is 0.774 bits per heavy atom. The molecule has 6 aromatic carbocycles. The SMILES string of the molecule is CCC(=O)[C@H]1O[C@@H](n2cnc3c(NCc4ccc(CCC(=O)c5cc(C(C)(C)C)c(C)c(C(C)(C)C)c5)cc4)ncnc32)C(O)[C@H]1O.CCC(=O)[C@H]1O[C@@H](n2cnc3c(Nc4ccc(CCCC(=O)c5cc(C)c(OC)c(OC)c5)cc4)ncnc32)C(O)[C@H]1O.CCC(=O)[C@H]1O[C@@H](n2cnc3c(Nc4ccc(CCCC(=O)c5cc(C)cc(C(C)(C)C)c5)cc4)ncnc32)C(O)[C@H]1O. The van der Waals surface area contributed by atoms with Gasteiger partial charge in [-0.2, -0.15) is 0 Å². The smallest absolute Gasteiger partial charge is 0.167 e. The molecular formula is C101H121N15O17. The number of ether oxygens (including phenoxy) is 5. The summed E-state index contributed by atoms with van der Waals surface area (Å²) < 4.78 is 32.4. The van der Waals surface area contributed by atoms with Gasteiger partial charge in [0.1, 0.15) is 73.9 Å². The van der Waals surface area contributed by atoms with Gasteiger partial charge in [-0.3, -0.25) is 42.5 Å². The van der Waals surface area contributed by atoms with Crippen LogP contribution >= 0.6 is 0 Å². The summed E-state index contributed by atoms with van der Waals surface area (Å²) in [5.41, 5.74) is 17.3. The summed E-state index contributed by atoms with van der Waals surface area (Å²) >= 11 is 0. The summed E-state index contributed by atoms with van der Waals surface area (Å²) in [6.07, 6.45) is -0.397. The van der Waals surface area contributed by atoms with Crippen LogP contribution in [0.2, 0.25) is 0 Å². The zero-order valence-electron chi connectivity index (χ0n) is 78.4. The number of aliphatic hydroxyl groups is 6. The largest absolute Gasteiger partial charge is 0.493 e. The lowest BCUT2D eigenvalue weighted by Gasteiger charge is -2.29. The maximum atomic E-state index is 13.4. The Balaban J connectivity index is 0.000000170. The molecule has 32 nitrogen and oxygen atoms in total. The molecule has 0 amide bonds. The zero-order chi connectivity index (χ0) is 95.8. The molecule has 9 N–H and O–H groups in total. The van der Waals surface area contributed by atoms with E-state index in [-0.39, 0.29) is 70.2 Å². The molecule has 0 radical (unpaired) electrons. The van der Waals surface area contributed by atoms with Gasteiger partial charge in [0.15, 0.2) is 116 Å². The Bertz CT molecular complexity index is 6160. The molecule has 3 unspecified atom stereocenters. The van der Waals surface area contributed by atoms with E-state index in [0.717, 1.165) is 75.1 Å². The number of nitrogens with zero attached hydrogens (tertiary/aromatic N) is 12. The molecule has 0 bridgehead atoms. The lowest BCUT2D eigenvalue weighted by molar-refractivity contribution is -0.135. The fourth-order valence-corrected chi connectivity index (χ4v) is 17.0. The van der Waals surface area contributed by atoms with Gasteiger partial charge in [0.25, 0.3) is 0 Å². The number of aliphatic hydroxyl groups excluding tert-OH is 6. The Morgan fingerprint density at radius 1 is 0.406 bits per heavy atom. The van der Waals surface area contributed by atoms with E-state index < -0.39 is 73.6 Å². The number of methoxy groups -OCH3 is 2. The average molecular weight is 1820 g/mol. The van der Waals surface area contributed by atoms with E-state index >= 15 is 0 Å². The number of benzene rings is 6. The van der Waals surface area contributed by atoms with E-state index in [1.165, 1.54) is 73.9 Å². The van der Waals surface area contributed by atoms with Crippen LogP contribution in [-0.4, -0.2) is 193 Å². The van der Waals surface area contributed by atoms with Gasteiger partial charge in [0.05, 0.1) is 33.2 Å². The first kappa shape index (κ1) is 98.1. The van der Waals surface area contributed by atoms with E-state index in [1.807, 2.05) is 105 Å². The monoisotopic (exact) mass is 1820 g/mol. The summed E-state index contributed by atoms with van der Waals surface area (Å²) in [7, 11) is 3.13. The molecule has 0 saturated carbocycles. The number of carbonyl (C=O) groups is 6. The van der Waals surface area contributed by atoms with Crippen LogP contribution in [0.3, 0.4) is 0 Å². The summed E-state index contributed by atoms with van der Waals surface area (Å²) in [6.45, 7) is 31.2. The van der Waals surface area contributed by atoms with Crippen molar-refractivity contribution < 1.29 is 83.1 Å². The van der Waals surface area contributed by atoms with E-state index in [4.69, 9.17) is 23.7 Å². The van der Waals surface area contributed by atoms with Crippen LogP contribution in [0.5, 0.6) is 11.5 Å². The Kier molecular flexibility index (Phi) is 30.9. The highest BCUT2D eigenvalue weighted by Crippen LogP contribution is 2.41. The summed E-state index contributed by atoms with van der Waals surface area (Å²) in [5, 5.41) is 72.7. The number of Topliss-reactive ketones (excluding diaryl/α,β-unsaturated/α-hetero) is 6. The molecule has 12 atom stereocenters. The first-order valence-electron chi connectivity index (χ1n) is 45.1. The Hall–Kier alpha value is -12.4. The Morgan fingerprint density at radius 3 is 1.17 bits per heavy atom. The quantitative estimate of drug-likeness (QED) is 0.0177. The number of aryl methyl sites for hydroxylation is 5. The normalized spacial score (nSPS) is 20.1. The fraction of sp³-hybridized carbons (Fsp3) is 0.436. The molecule has 3 saturated heterocycles. The highest BCUT2D eigenvalue weighted by Gasteiger charge is 2.50. The number of ketones is 6. The van der Waals surface area contributed by atoms with Crippen molar-refractivity contribution in [2.75, 3.05) is 30.2 Å². The molecule has 3 aliphatic heterocycles. The van der Waals surface area contributed by atoms with Crippen molar-refractivity contribution in [1.82, 2.24) is 58.6 Å². The Labute approximate surface area is 772 Å². The molecule has 9 heterocycles. The second kappa shape index (κ2) is 41.8. The van der Waals surface area contributed by atoms with Gasteiger partial charge in [0.2, 0.25) is 0 Å². The second-order valence-corrected chi connectivity index (χ2v) is 37.2. The zero-order valence-corrected chi connectivity index (χ0v) is 78.4. The van der Waals surface area contributed by atoms with Gasteiger partial charge in [-0.05, 0) is 180 Å². The predicted molar refractivity (Wildman–Crippen MR) is 503 cm³/mol. The molecular weight excluding hydrogens is 1700 g/mol. The number of imidazole rings is 3. The van der Waals surface area contributed by atoms with Crippen molar-refractivity contribution in [3.05, 3.63) is 226 Å². The van der Waals surface area contributed by atoms with Gasteiger partial charge in [-0.25, -0.2) is 44.9 Å². The van der Waals surface area contributed by atoms with Crippen LogP contribution < -0.4 is 25.4 Å². The minimum Gasteiger partial charge on any atom is -0.493 e. The van der Waals surface area contributed by atoms with Crippen LogP contribution in [0.1, 0.15) is 240 Å². The second-order valence-electron chi connectivity index (χ2n) is 37.2. The van der Waals surface area contributed by atoms with E-state index in [0.29, 0.717) is 107 Å². The summed E-state index contributed by atoms with van der Waals surface area (Å²) in [5.74, 6) is 2.08. The molecule has 12 aromatic rings. The van der Waals surface area contributed by atoms with Crippen LogP contribution in [0.15, 0.2) is 153 Å². The van der Waals surface area contributed by atoms with Crippen molar-refractivity contribution in [2.45, 2.75) is 271 Å². The topological polar surface area (TPSA) is 437 Å². The molecule has 0 spiro atoms. The van der Waals surface area contributed by atoms with Crippen LogP contribution in [0.25, 0.3) is 33.5 Å². The third-order valence-corrected chi connectivity index (χ3v) is 24.5. The molecule has 3 aliphatic rings. The first-order valence-corrected chi connectivity index (χ1v) is 45.1. The van der Waals surface area contributed by atoms with Crippen molar-refractivity contribution in [3.8, 4) is 11.5 Å². The van der Waals surface area contributed by atoms with Crippen LogP contribution in [0, 0.1) is 20.8 Å². The number of carbonyl (C=O) groups excluding carboxylic acids is 6. The van der Waals surface area contributed by atoms with Gasteiger partial charge in [-0.1, -0.05) is 143 Å². The molecule has 0 aliphatic carbocycles. The minimum atomic E-state index is -1.35. The van der Waals surface area contributed by atoms with Gasteiger partial charge >= 0.3 is 0 Å². The number of hydrogen-bond acceptors (Lipinski definition) is 29. The molecule has 6 aromatic heterocycles. The van der Waals surface area contributed by atoms with Crippen molar-refractivity contribution in [3.63, 3.8) is 0 Å². The molecule has 32 heteroatoms. The molecule has 3 fully saturated rings. The van der Waals surface area contributed by atoms with Crippen molar-refractivity contribution in [2.24, 2.45) is 0 Å². The van der Waals surface area contributed by atoms with E-state index in [1.54, 1.807) is 41.1 Å². The molecule has 133 heavy (non-hydrogen) atoms. The highest BCUT2D eigenvalue weighted by molar-refractivity contribution is 5.98. The van der Waals surface area contributed by atoms with E-state index in [2.05, 4.69) is 148 Å². The van der Waals surface area contributed by atoms with Gasteiger partial charge < -0.3 is 70.3 Å². The predicted octanol–water partition coefficient (Wildman–Crippen LogP) is 14.4. The lowest BCUT2D eigenvalue weighted by atomic mass is 9.75. The lowest BCUT2D eigenvalue weighted by Crippen LogP contribution is -2.35. The third-order valence-electron chi connectivity index (χ3n) is 24.5. The van der Waals surface area contributed by atoms with Crippen molar-refractivity contribution in [1.29, 1.82) is 0 Å². The maximum Gasteiger partial charge on any atom is 0.167 e. The number of rotatable bonds is 32. The van der Waals surface area contributed by atoms with Crippen LogP contribution in [0.4, 0.5) is 28.8 Å². The average Bonchev–Trinajstić information content (AvgIpc) is 1.68. The van der Waals surface area contributed by atoms with E-state index in [9.17, 15) is 59.4 Å². The van der Waals surface area contributed by atoms with Crippen molar-refractivity contribution >= 4 is 97.0 Å². The molecule has 702 valence electrons. The number of hydrogen-bond donors (Lipinski definition) is 9. The standard InChI is InChI=1S/C37H47N5O5.C33H39N5O5.C31H35N5O7/c1-9-27(43)32-30(45)31(46)35(47-32)42-20-41-29-33(39-19-40-34(29)42)38-18-23-12-10-22(11-13-23)14-15-28(44)24-16-25(36(3,4)5)21(2)26(17-24)37(6,7)8;1-6-24(39)29-27(41)28(42)32(43-29)38-18-36-26-30(34-17-35-31(26)38)37-23-12-10-20(11-13-23)8-7-9-25(40)21-14-19(2)15-22(16-21)33(3,4)5;1-5-21(37)28-25(39)26(40)31(43-28)36-16-34-24-29(32-15-33-30(24)36)35-20-11-9-18(10-12-20)7-6-8-22(38)19-13-17(2)27(42-4)23(14-19)41-3/h10-13,16-17,19-20,30-32,35,45-46H,9,14-15,18H2,1-8H3,(H,38,39,40);10-18,27-29,32,41-42H,6-9H2,1-5H3,(H,34,35,37);9-16,25-26,28,31,39-40H,5-8H2,1-4H3,(H,32,33,35)/t30-,31?,32-,35-;27-,28?,29-,32-;25-,26?,28-,31-/m111/s1. The summed E-state index contributed by atoms with van der Waals surface area (Å²) in [4.78, 5) is 115. The summed E-state index contributed by atoms with van der Waals surface area (Å²) in [6, 6.07) is 37.7. The number of aromatic nitrogens is 12. The number of nitrogens with one attached hydrogen (secondary N) is 3. The molecule has 15 rings (SSSR count). The maximum absolute atomic E-state index is 13.4. The van der Waals surface area contributed by atoms with Gasteiger partial charge in [-0.15, -0.1) is 0 Å². The first-order chi connectivity index (χ1) is 63.3. The highest BCUT2D eigenvalue weighted by atomic mass is 16.6. The number of fused-ring (bicyclic) bond motifs is 3. The van der Waals surface area contributed by atoms with Gasteiger partial charge in [0, 0.05) is 73.1 Å². The number of anilines is 5. The third kappa shape index (κ3) is 22.3. The minimum absolute atomic E-state index is 0.00953.